The number of ether oxygens (including phenoxy) is 5. The summed E-state index contributed by atoms with van der Waals surface area (Å²) in [5, 5.41) is 25.2. The standard InChI is InChI=1S/C30H36N4O7/c1-14-7-17-8-19-21(10-31)34-20(25(33(19)4)23(17)29(27(14)38-6)39-12-37-5)9-18-24(22(34)11-32-16(3)35)30-28(40-13-41-30)15(2)26(18)36/h7,19-22,25,36H,8-9,11-13H2,1-6H3,(H,32,35)/t19-,20?,21-,22-,25+/m0/s1. The van der Waals surface area contributed by atoms with Crippen LogP contribution in [-0.4, -0.2) is 80.3 Å². The molecular formula is C30H36N4O7. The van der Waals surface area contributed by atoms with Crippen molar-refractivity contribution in [1.29, 1.82) is 5.26 Å². The van der Waals surface area contributed by atoms with Crippen molar-refractivity contribution >= 4 is 5.91 Å². The van der Waals surface area contributed by atoms with Gasteiger partial charge in [-0.25, -0.2) is 0 Å². The van der Waals surface area contributed by atoms with Gasteiger partial charge in [0, 0.05) is 54.9 Å². The number of carbonyl (C=O) groups is 1. The average Bonchev–Trinajstić information content (AvgIpc) is 3.43. The Bertz CT molecular complexity index is 1450. The van der Waals surface area contributed by atoms with Crippen LogP contribution in [0.25, 0.3) is 0 Å². The minimum atomic E-state index is -0.492. The van der Waals surface area contributed by atoms with Gasteiger partial charge in [0.1, 0.15) is 11.8 Å². The maximum atomic E-state index is 12.2. The van der Waals surface area contributed by atoms with Crippen LogP contribution < -0.4 is 24.3 Å². The van der Waals surface area contributed by atoms with Gasteiger partial charge in [-0.05, 0) is 44.9 Å². The molecule has 1 amide bonds. The van der Waals surface area contributed by atoms with Crippen LogP contribution in [0.5, 0.6) is 28.7 Å². The lowest BCUT2D eigenvalue weighted by atomic mass is 9.71. The molecule has 2 aromatic carbocycles. The van der Waals surface area contributed by atoms with Gasteiger partial charge in [-0.1, -0.05) is 6.07 Å². The van der Waals surface area contributed by atoms with E-state index < -0.39 is 12.1 Å². The molecule has 1 fully saturated rings. The minimum Gasteiger partial charge on any atom is -0.507 e. The Hall–Kier alpha value is -3.72. The molecule has 4 aliphatic heterocycles. The quantitative estimate of drug-likeness (QED) is 0.506. The first kappa shape index (κ1) is 27.4. The molecule has 1 unspecified atom stereocenters. The summed E-state index contributed by atoms with van der Waals surface area (Å²) in [5.41, 5.74) is 5.19. The van der Waals surface area contributed by atoms with Gasteiger partial charge in [0.25, 0.3) is 0 Å². The van der Waals surface area contributed by atoms with Crippen LogP contribution in [-0.2, 0) is 22.4 Å². The maximum Gasteiger partial charge on any atom is 0.231 e. The predicted octanol–water partition coefficient (Wildman–Crippen LogP) is 2.64. The smallest absolute Gasteiger partial charge is 0.231 e. The van der Waals surface area contributed by atoms with Crippen molar-refractivity contribution in [2.45, 2.75) is 63.8 Å². The number of nitrogens with zero attached hydrogens (tertiary/aromatic N) is 3. The maximum absolute atomic E-state index is 12.2. The van der Waals surface area contributed by atoms with Crippen LogP contribution in [0.2, 0.25) is 0 Å². The highest BCUT2D eigenvalue weighted by Crippen LogP contribution is 2.58. The SMILES string of the molecule is COCOc1c(OC)c(C)cc2c1[C@H]1C3Cc4c(O)c(C)c5c(c4[C@H](CNC(C)=O)N3[C@@H](C#N)[C@H](C2)N1C)OCO5. The fraction of sp³-hybridized carbons (Fsp3) is 0.533. The van der Waals surface area contributed by atoms with E-state index in [1.54, 1.807) is 14.2 Å². The van der Waals surface area contributed by atoms with Crippen molar-refractivity contribution in [2.75, 3.05) is 41.4 Å². The van der Waals surface area contributed by atoms with E-state index in [1.807, 2.05) is 13.8 Å². The highest BCUT2D eigenvalue weighted by molar-refractivity contribution is 5.73. The van der Waals surface area contributed by atoms with E-state index in [4.69, 9.17) is 23.7 Å². The van der Waals surface area contributed by atoms with Crippen molar-refractivity contribution in [1.82, 2.24) is 15.1 Å². The van der Waals surface area contributed by atoms with Crippen LogP contribution in [0.15, 0.2) is 6.07 Å². The van der Waals surface area contributed by atoms with Crippen LogP contribution in [0.1, 0.15) is 52.4 Å². The Balaban J connectivity index is 1.60. The first-order valence-corrected chi connectivity index (χ1v) is 13.8. The molecule has 2 bridgehead atoms. The Morgan fingerprint density at radius 3 is 2.61 bits per heavy atom. The summed E-state index contributed by atoms with van der Waals surface area (Å²) in [6.45, 7) is 5.63. The summed E-state index contributed by atoms with van der Waals surface area (Å²) >= 11 is 0. The fourth-order valence-corrected chi connectivity index (χ4v) is 7.52. The number of carbonyl (C=O) groups excluding carboxylic acids is 1. The number of amides is 1. The van der Waals surface area contributed by atoms with Crippen LogP contribution in [0.3, 0.4) is 0 Å². The Labute approximate surface area is 239 Å². The van der Waals surface area contributed by atoms with Gasteiger partial charge in [0.05, 0.1) is 25.3 Å². The predicted molar refractivity (Wildman–Crippen MR) is 147 cm³/mol. The van der Waals surface area contributed by atoms with E-state index in [9.17, 15) is 15.2 Å². The summed E-state index contributed by atoms with van der Waals surface area (Å²) in [6, 6.07) is 3.25. The van der Waals surface area contributed by atoms with E-state index in [-0.39, 0.29) is 49.9 Å². The van der Waals surface area contributed by atoms with Crippen molar-refractivity contribution in [3.05, 3.63) is 39.4 Å². The molecule has 0 aliphatic carbocycles. The number of hydrogen-bond donors (Lipinski definition) is 2. The number of fused-ring (bicyclic) bond motifs is 9. The lowest BCUT2D eigenvalue weighted by Gasteiger charge is -2.60. The lowest BCUT2D eigenvalue weighted by molar-refractivity contribution is -0.120. The molecule has 0 spiro atoms. The van der Waals surface area contributed by atoms with E-state index >= 15 is 0 Å². The molecule has 11 heteroatoms. The second-order valence-electron chi connectivity index (χ2n) is 11.2. The van der Waals surface area contributed by atoms with Crippen molar-refractivity contribution in [2.24, 2.45) is 0 Å². The molecular weight excluding hydrogens is 528 g/mol. The molecule has 0 aromatic heterocycles. The minimum absolute atomic E-state index is 0.0464. The zero-order chi connectivity index (χ0) is 29.2. The fourth-order valence-electron chi connectivity index (χ4n) is 7.52. The number of benzene rings is 2. The molecule has 4 heterocycles. The molecule has 4 aliphatic rings. The number of nitrogens with one attached hydrogen (secondary N) is 1. The van der Waals surface area contributed by atoms with Gasteiger partial charge in [-0.15, -0.1) is 0 Å². The highest BCUT2D eigenvalue weighted by Gasteiger charge is 2.56. The van der Waals surface area contributed by atoms with Crippen LogP contribution in [0, 0.1) is 25.2 Å². The van der Waals surface area contributed by atoms with Crippen molar-refractivity contribution in [3.8, 4) is 34.8 Å². The molecule has 1 saturated heterocycles. The third-order valence-corrected chi connectivity index (χ3v) is 9.14. The van der Waals surface area contributed by atoms with E-state index in [0.717, 1.165) is 27.8 Å². The van der Waals surface area contributed by atoms with Gasteiger partial charge in [-0.3, -0.25) is 14.6 Å². The third kappa shape index (κ3) is 4.00. The summed E-state index contributed by atoms with van der Waals surface area (Å²) in [6.07, 6.45) is 1.09. The molecule has 11 nitrogen and oxygen atoms in total. The number of phenolic OH excluding ortho intramolecular Hbond substituents is 1. The lowest BCUT2D eigenvalue weighted by Crippen LogP contribution is -2.68. The van der Waals surface area contributed by atoms with Gasteiger partial charge < -0.3 is 34.1 Å². The number of piperazine rings is 1. The molecule has 2 aromatic rings. The third-order valence-electron chi connectivity index (χ3n) is 9.14. The van der Waals surface area contributed by atoms with Crippen LogP contribution >= 0.6 is 0 Å². The summed E-state index contributed by atoms with van der Waals surface area (Å²) in [4.78, 5) is 16.7. The summed E-state index contributed by atoms with van der Waals surface area (Å²) < 4.78 is 29.1. The van der Waals surface area contributed by atoms with E-state index in [0.29, 0.717) is 41.4 Å². The van der Waals surface area contributed by atoms with Crippen molar-refractivity contribution < 1.29 is 33.6 Å². The molecule has 6 rings (SSSR count). The number of aryl methyl sites for hydroxylation is 1. The normalized spacial score (nSPS) is 25.9. The van der Waals surface area contributed by atoms with Crippen molar-refractivity contribution in [3.63, 3.8) is 0 Å². The largest absolute Gasteiger partial charge is 0.507 e. The number of aromatic hydroxyl groups is 1. The molecule has 0 saturated carbocycles. The average molecular weight is 565 g/mol. The Morgan fingerprint density at radius 2 is 1.93 bits per heavy atom. The first-order valence-electron chi connectivity index (χ1n) is 13.8. The molecule has 2 N–H and O–H groups in total. The summed E-state index contributed by atoms with van der Waals surface area (Å²) in [5.74, 6) is 2.34. The molecule has 0 radical (unpaired) electrons. The second-order valence-corrected chi connectivity index (χ2v) is 11.2. The van der Waals surface area contributed by atoms with Crippen LogP contribution in [0.4, 0.5) is 0 Å². The Kier molecular flexibility index (Phi) is 6.88. The number of hydrogen-bond acceptors (Lipinski definition) is 10. The zero-order valence-electron chi connectivity index (χ0n) is 24.2. The van der Waals surface area contributed by atoms with Gasteiger partial charge in [0.15, 0.2) is 29.8 Å². The molecule has 218 valence electrons. The summed E-state index contributed by atoms with van der Waals surface area (Å²) in [7, 11) is 5.26. The topological polar surface area (TPSA) is 126 Å². The van der Waals surface area contributed by atoms with E-state index in [1.165, 1.54) is 6.92 Å². The monoisotopic (exact) mass is 564 g/mol. The molecule has 5 atom stereocenters. The van der Waals surface area contributed by atoms with Gasteiger partial charge in [-0.2, -0.15) is 5.26 Å². The number of phenols is 1. The first-order chi connectivity index (χ1) is 19.7. The van der Waals surface area contributed by atoms with Gasteiger partial charge in [0.2, 0.25) is 12.7 Å². The van der Waals surface area contributed by atoms with Gasteiger partial charge >= 0.3 is 0 Å². The number of likely N-dealkylation sites (N-methyl/N-ethyl adjacent to an activating group) is 1. The van der Waals surface area contributed by atoms with E-state index in [2.05, 4.69) is 34.3 Å². The highest BCUT2D eigenvalue weighted by atomic mass is 16.7. The number of nitriles is 1. The zero-order valence-corrected chi connectivity index (χ0v) is 24.2. The number of rotatable bonds is 6. The second kappa shape index (κ2) is 10.3. The number of methoxy groups -OCH3 is 2. The molecule has 41 heavy (non-hydrogen) atoms. The Morgan fingerprint density at radius 1 is 1.17 bits per heavy atom.